The summed E-state index contributed by atoms with van der Waals surface area (Å²) in [6, 6.07) is 3.45. The molecule has 0 aliphatic carbocycles. The van der Waals surface area contributed by atoms with Gasteiger partial charge in [-0.25, -0.2) is 12.7 Å². The molecule has 0 atom stereocenters. The highest BCUT2D eigenvalue weighted by atomic mass is 127. The summed E-state index contributed by atoms with van der Waals surface area (Å²) in [5.74, 6) is 0.687. The first-order chi connectivity index (χ1) is 10.9. The Hall–Kier alpha value is -0.430. The van der Waals surface area contributed by atoms with Gasteiger partial charge in [-0.3, -0.25) is 4.99 Å². The van der Waals surface area contributed by atoms with Crippen molar-refractivity contribution >= 4 is 51.3 Å². The molecule has 7 nitrogen and oxygen atoms in total. The van der Waals surface area contributed by atoms with Crippen LogP contribution in [0.15, 0.2) is 21.3 Å². The fourth-order valence-corrected chi connectivity index (χ4v) is 4.15. The molecular formula is C14H27IN4O3S2. The van der Waals surface area contributed by atoms with Gasteiger partial charge in [-0.2, -0.15) is 0 Å². The molecule has 1 aromatic rings. The lowest BCUT2D eigenvalue weighted by Crippen LogP contribution is -2.37. The van der Waals surface area contributed by atoms with Gasteiger partial charge in [0.2, 0.25) is 0 Å². The topological polar surface area (TPSA) is 83.0 Å². The van der Waals surface area contributed by atoms with Crippen LogP contribution in [0.5, 0.6) is 0 Å². The largest absolute Gasteiger partial charge is 0.382 e. The summed E-state index contributed by atoms with van der Waals surface area (Å²) in [6.07, 6.45) is 0.902. The van der Waals surface area contributed by atoms with Gasteiger partial charge in [0.15, 0.2) is 5.96 Å². The summed E-state index contributed by atoms with van der Waals surface area (Å²) in [6.45, 7) is 4.71. The fourth-order valence-electron chi connectivity index (χ4n) is 1.69. The third-order valence-corrected chi connectivity index (χ3v) is 6.36. The van der Waals surface area contributed by atoms with E-state index in [0.717, 1.165) is 31.1 Å². The van der Waals surface area contributed by atoms with Gasteiger partial charge in [0.25, 0.3) is 10.0 Å². The molecule has 0 aromatic carbocycles. The summed E-state index contributed by atoms with van der Waals surface area (Å²) >= 11 is 1.26. The van der Waals surface area contributed by atoms with Crippen molar-refractivity contribution in [3.8, 4) is 0 Å². The maximum Gasteiger partial charge on any atom is 0.252 e. The molecule has 0 aliphatic heterocycles. The van der Waals surface area contributed by atoms with Crippen LogP contribution in [0.25, 0.3) is 0 Å². The van der Waals surface area contributed by atoms with Crippen LogP contribution in [0, 0.1) is 0 Å². The van der Waals surface area contributed by atoms with Gasteiger partial charge in [0, 0.05) is 45.8 Å². The third kappa shape index (κ3) is 7.64. The molecule has 0 bridgehead atoms. The lowest BCUT2D eigenvalue weighted by atomic mass is 10.4. The van der Waals surface area contributed by atoms with Gasteiger partial charge < -0.3 is 15.4 Å². The molecule has 0 saturated carbocycles. The molecule has 0 amide bonds. The molecule has 0 fully saturated rings. The zero-order valence-corrected chi connectivity index (χ0v) is 18.5. The van der Waals surface area contributed by atoms with Crippen molar-refractivity contribution in [2.45, 2.75) is 24.1 Å². The average molecular weight is 490 g/mol. The van der Waals surface area contributed by atoms with E-state index in [4.69, 9.17) is 4.74 Å². The predicted molar refractivity (Wildman–Crippen MR) is 110 cm³/mol. The zero-order valence-electron chi connectivity index (χ0n) is 14.5. The van der Waals surface area contributed by atoms with Gasteiger partial charge in [0.05, 0.1) is 6.54 Å². The number of hydrogen-bond donors (Lipinski definition) is 2. The van der Waals surface area contributed by atoms with E-state index in [2.05, 4.69) is 15.6 Å². The van der Waals surface area contributed by atoms with Crippen LogP contribution in [0.3, 0.4) is 0 Å². The van der Waals surface area contributed by atoms with Crippen molar-refractivity contribution in [1.29, 1.82) is 0 Å². The van der Waals surface area contributed by atoms with Gasteiger partial charge in [0.1, 0.15) is 4.21 Å². The van der Waals surface area contributed by atoms with Gasteiger partial charge in [-0.05, 0) is 25.5 Å². The molecular weight excluding hydrogens is 463 g/mol. The zero-order chi connectivity index (χ0) is 17.3. The van der Waals surface area contributed by atoms with E-state index in [-0.39, 0.29) is 24.0 Å². The van der Waals surface area contributed by atoms with E-state index in [9.17, 15) is 8.42 Å². The Labute approximate surface area is 165 Å². The number of guanidine groups is 1. The molecule has 140 valence electrons. The van der Waals surface area contributed by atoms with E-state index in [1.54, 1.807) is 13.1 Å². The maximum absolute atomic E-state index is 12.0. The summed E-state index contributed by atoms with van der Waals surface area (Å²) < 4.78 is 30.9. The second-order valence-electron chi connectivity index (χ2n) is 4.91. The summed E-state index contributed by atoms with van der Waals surface area (Å²) in [7, 11) is 1.40. The van der Waals surface area contributed by atoms with Crippen molar-refractivity contribution in [1.82, 2.24) is 14.9 Å². The quantitative estimate of drug-likeness (QED) is 0.238. The molecule has 0 unspecified atom stereocenters. The molecule has 1 aromatic heterocycles. The van der Waals surface area contributed by atoms with Crippen molar-refractivity contribution in [3.63, 3.8) is 0 Å². The van der Waals surface area contributed by atoms with Gasteiger partial charge in [-0.1, -0.05) is 0 Å². The van der Waals surface area contributed by atoms with Crippen LogP contribution in [0.2, 0.25) is 0 Å². The number of aliphatic imine (C=N–C) groups is 1. The number of sulfonamides is 1. The third-order valence-electron chi connectivity index (χ3n) is 2.99. The van der Waals surface area contributed by atoms with E-state index in [0.29, 0.717) is 16.7 Å². The Morgan fingerprint density at radius 3 is 2.62 bits per heavy atom. The lowest BCUT2D eigenvalue weighted by molar-refractivity contribution is 0.145. The SMILES string of the molecule is CCOCCCNC(=NC)NCc1ccc(S(=O)(=O)N(C)C)s1.I. The minimum atomic E-state index is -3.36. The molecule has 0 spiro atoms. The van der Waals surface area contributed by atoms with Crippen LogP contribution in [0.1, 0.15) is 18.2 Å². The Morgan fingerprint density at radius 2 is 2.04 bits per heavy atom. The normalized spacial score (nSPS) is 12.1. The minimum Gasteiger partial charge on any atom is -0.382 e. The van der Waals surface area contributed by atoms with E-state index < -0.39 is 10.0 Å². The van der Waals surface area contributed by atoms with Crippen molar-refractivity contribution in [2.24, 2.45) is 4.99 Å². The Morgan fingerprint density at radius 1 is 1.33 bits per heavy atom. The molecule has 0 aliphatic rings. The maximum atomic E-state index is 12.0. The Kier molecular flexibility index (Phi) is 11.8. The number of nitrogens with one attached hydrogen (secondary N) is 2. The van der Waals surface area contributed by atoms with Crippen LogP contribution >= 0.6 is 35.3 Å². The van der Waals surface area contributed by atoms with E-state index in [1.165, 1.54) is 29.7 Å². The fraction of sp³-hybridized carbons (Fsp3) is 0.643. The summed E-state index contributed by atoms with van der Waals surface area (Å²) in [5, 5.41) is 6.36. The Balaban J connectivity index is 0.00000529. The first kappa shape index (κ1) is 23.6. The van der Waals surface area contributed by atoms with Crippen LogP contribution < -0.4 is 10.6 Å². The Bertz CT molecular complexity index is 603. The molecule has 2 N–H and O–H groups in total. The predicted octanol–water partition coefficient (Wildman–Crippen LogP) is 1.71. The molecule has 24 heavy (non-hydrogen) atoms. The highest BCUT2D eigenvalue weighted by molar-refractivity contribution is 14.0. The van der Waals surface area contributed by atoms with Crippen molar-refractivity contribution < 1.29 is 13.2 Å². The van der Waals surface area contributed by atoms with Crippen LogP contribution in [0.4, 0.5) is 0 Å². The molecule has 0 saturated heterocycles. The van der Waals surface area contributed by atoms with Crippen LogP contribution in [-0.4, -0.2) is 59.6 Å². The van der Waals surface area contributed by atoms with Crippen molar-refractivity contribution in [2.75, 3.05) is 40.9 Å². The minimum absolute atomic E-state index is 0. The lowest BCUT2D eigenvalue weighted by Gasteiger charge is -2.11. The standard InChI is InChI=1S/C14H26N4O3S2.HI/c1-5-21-10-6-9-16-14(15-2)17-11-12-7-8-13(22-12)23(19,20)18(3)4;/h7-8H,5-6,9-11H2,1-4H3,(H2,15,16,17);1H. The number of thiophene rings is 1. The molecule has 1 rings (SSSR count). The van der Waals surface area contributed by atoms with Gasteiger partial charge >= 0.3 is 0 Å². The first-order valence-electron chi connectivity index (χ1n) is 7.45. The van der Waals surface area contributed by atoms with Crippen LogP contribution in [-0.2, 0) is 21.3 Å². The number of nitrogens with zero attached hydrogens (tertiary/aromatic N) is 2. The summed E-state index contributed by atoms with van der Waals surface area (Å²) in [5.41, 5.74) is 0. The van der Waals surface area contributed by atoms with E-state index in [1.807, 2.05) is 13.0 Å². The van der Waals surface area contributed by atoms with Crippen molar-refractivity contribution in [3.05, 3.63) is 17.0 Å². The molecule has 0 radical (unpaired) electrons. The number of rotatable bonds is 9. The number of hydrogen-bond acceptors (Lipinski definition) is 5. The smallest absolute Gasteiger partial charge is 0.252 e. The first-order valence-corrected chi connectivity index (χ1v) is 9.71. The summed E-state index contributed by atoms with van der Waals surface area (Å²) in [4.78, 5) is 5.07. The number of ether oxygens (including phenoxy) is 1. The molecule has 10 heteroatoms. The highest BCUT2D eigenvalue weighted by Crippen LogP contribution is 2.23. The second-order valence-corrected chi connectivity index (χ2v) is 8.46. The number of halogens is 1. The highest BCUT2D eigenvalue weighted by Gasteiger charge is 2.19. The average Bonchev–Trinajstić information content (AvgIpc) is 2.99. The second kappa shape index (κ2) is 12.0. The molecule has 1 heterocycles. The monoisotopic (exact) mass is 490 g/mol. The van der Waals surface area contributed by atoms with Gasteiger partial charge in [-0.15, -0.1) is 35.3 Å². The van der Waals surface area contributed by atoms with E-state index >= 15 is 0 Å².